The lowest BCUT2D eigenvalue weighted by Gasteiger charge is -2.33. The number of carboxylic acids is 1. The lowest BCUT2D eigenvalue weighted by Crippen LogP contribution is -2.39. The fourth-order valence-electron chi connectivity index (χ4n) is 3.73. The molecule has 1 atom stereocenters. The van der Waals surface area contributed by atoms with E-state index in [0.717, 1.165) is 35.9 Å². The minimum Gasteiger partial charge on any atom is -0.478 e. The molecule has 0 aliphatic carbocycles. The molecule has 0 bridgehead atoms. The molecule has 0 saturated carbocycles. The predicted octanol–water partition coefficient (Wildman–Crippen LogP) is 3.89. The molecule has 1 saturated heterocycles. The summed E-state index contributed by atoms with van der Waals surface area (Å²) < 4.78 is 0. The molecule has 5 nitrogen and oxygen atoms in total. The van der Waals surface area contributed by atoms with Crippen LogP contribution in [0.5, 0.6) is 0 Å². The minimum absolute atomic E-state index is 0.0344. The molecule has 1 aliphatic rings. The van der Waals surface area contributed by atoms with E-state index in [0.29, 0.717) is 17.7 Å². The van der Waals surface area contributed by atoms with Crippen molar-refractivity contribution >= 4 is 22.8 Å². The molecular weight excluding hydrogens is 328 g/mol. The third kappa shape index (κ3) is 3.08. The Morgan fingerprint density at radius 2 is 1.96 bits per heavy atom. The summed E-state index contributed by atoms with van der Waals surface area (Å²) in [6, 6.07) is 14.7. The van der Waals surface area contributed by atoms with Gasteiger partial charge in [0.05, 0.1) is 5.56 Å². The van der Waals surface area contributed by atoms with Gasteiger partial charge in [-0.05, 0) is 54.8 Å². The van der Waals surface area contributed by atoms with Crippen LogP contribution in [0.4, 0.5) is 0 Å². The smallest absolute Gasteiger partial charge is 0.335 e. The van der Waals surface area contributed by atoms with Crippen molar-refractivity contribution < 1.29 is 14.7 Å². The first-order valence-electron chi connectivity index (χ1n) is 8.81. The quantitative estimate of drug-likeness (QED) is 0.754. The summed E-state index contributed by atoms with van der Waals surface area (Å²) in [5.74, 6) is -0.717. The van der Waals surface area contributed by atoms with E-state index in [9.17, 15) is 14.7 Å². The second-order valence-electron chi connectivity index (χ2n) is 6.80. The number of carbonyl (C=O) groups excluding carboxylic acids is 1. The van der Waals surface area contributed by atoms with E-state index in [1.54, 1.807) is 18.2 Å². The molecule has 2 aromatic carbocycles. The molecule has 4 rings (SSSR count). The second-order valence-corrected chi connectivity index (χ2v) is 6.80. The molecule has 0 spiro atoms. The molecule has 5 heteroatoms. The van der Waals surface area contributed by atoms with Gasteiger partial charge in [-0.15, -0.1) is 0 Å². The zero-order valence-corrected chi connectivity index (χ0v) is 14.3. The Morgan fingerprint density at radius 1 is 1.08 bits per heavy atom. The topological polar surface area (TPSA) is 73.4 Å². The molecule has 1 fully saturated rings. The zero-order chi connectivity index (χ0) is 18.1. The molecular formula is C21H20N2O3. The second kappa shape index (κ2) is 6.67. The highest BCUT2D eigenvalue weighted by atomic mass is 16.4. The van der Waals surface area contributed by atoms with Gasteiger partial charge in [-0.3, -0.25) is 4.79 Å². The molecule has 132 valence electrons. The average molecular weight is 348 g/mol. The van der Waals surface area contributed by atoms with Crippen molar-refractivity contribution in [3.63, 3.8) is 0 Å². The Hall–Kier alpha value is -3.08. The van der Waals surface area contributed by atoms with Gasteiger partial charge in [0.2, 0.25) is 0 Å². The molecule has 1 aliphatic heterocycles. The number of fused-ring (bicyclic) bond motifs is 1. The van der Waals surface area contributed by atoms with Crippen LogP contribution in [0.2, 0.25) is 0 Å². The van der Waals surface area contributed by atoms with Crippen molar-refractivity contribution in [1.29, 1.82) is 0 Å². The van der Waals surface area contributed by atoms with E-state index in [-0.39, 0.29) is 11.8 Å². The Labute approximate surface area is 151 Å². The van der Waals surface area contributed by atoms with E-state index in [4.69, 9.17) is 0 Å². The van der Waals surface area contributed by atoms with Crippen LogP contribution in [0.1, 0.15) is 45.0 Å². The van der Waals surface area contributed by atoms with Gasteiger partial charge in [0.15, 0.2) is 0 Å². The van der Waals surface area contributed by atoms with Crippen molar-refractivity contribution in [1.82, 2.24) is 9.88 Å². The number of hydrogen-bond acceptors (Lipinski definition) is 2. The molecule has 1 amide bonds. The Kier molecular flexibility index (Phi) is 4.21. The van der Waals surface area contributed by atoms with Crippen LogP contribution in [0.25, 0.3) is 10.9 Å². The maximum Gasteiger partial charge on any atom is 0.335 e. The third-order valence-corrected chi connectivity index (χ3v) is 5.11. The van der Waals surface area contributed by atoms with E-state index >= 15 is 0 Å². The first-order chi connectivity index (χ1) is 12.6. The summed E-state index contributed by atoms with van der Waals surface area (Å²) >= 11 is 0. The Morgan fingerprint density at radius 3 is 2.81 bits per heavy atom. The number of aromatic nitrogens is 1. The average Bonchev–Trinajstić information content (AvgIpc) is 3.15. The van der Waals surface area contributed by atoms with Crippen LogP contribution in [0.15, 0.2) is 54.7 Å². The molecule has 2 heterocycles. The standard InChI is InChI=1S/C21H20N2O3/c24-20(16-6-7-19-15(12-16)8-9-22-19)23-10-2-5-18(13-23)14-3-1-4-17(11-14)21(25)26/h1,3-4,6-9,11-12,18,22H,2,5,10,13H2,(H,25,26). The highest BCUT2D eigenvalue weighted by Crippen LogP contribution is 2.28. The van der Waals surface area contributed by atoms with E-state index in [2.05, 4.69) is 4.98 Å². The maximum atomic E-state index is 12.9. The highest BCUT2D eigenvalue weighted by molar-refractivity contribution is 5.98. The molecule has 1 unspecified atom stereocenters. The van der Waals surface area contributed by atoms with Crippen LogP contribution < -0.4 is 0 Å². The number of aromatic amines is 1. The van der Waals surface area contributed by atoms with Crippen LogP contribution in [0.3, 0.4) is 0 Å². The SMILES string of the molecule is O=C(O)c1cccc(C2CCCN(C(=O)c3ccc4[nH]ccc4c3)C2)c1. The zero-order valence-electron chi connectivity index (χ0n) is 14.3. The number of hydrogen-bond donors (Lipinski definition) is 2. The lowest BCUT2D eigenvalue weighted by atomic mass is 9.89. The van der Waals surface area contributed by atoms with E-state index in [1.807, 2.05) is 41.4 Å². The van der Waals surface area contributed by atoms with Crippen LogP contribution in [-0.4, -0.2) is 40.0 Å². The lowest BCUT2D eigenvalue weighted by molar-refractivity contribution is 0.0688. The number of piperidine rings is 1. The summed E-state index contributed by atoms with van der Waals surface area (Å²) in [5, 5.41) is 10.2. The van der Waals surface area contributed by atoms with Crippen molar-refractivity contribution in [2.24, 2.45) is 0 Å². The summed E-state index contributed by atoms with van der Waals surface area (Å²) in [6.07, 6.45) is 3.75. The maximum absolute atomic E-state index is 12.9. The number of H-pyrrole nitrogens is 1. The summed E-state index contributed by atoms with van der Waals surface area (Å²) in [5.41, 5.74) is 2.99. The monoisotopic (exact) mass is 348 g/mol. The number of carbonyl (C=O) groups is 2. The Balaban J connectivity index is 1.55. The normalized spacial score (nSPS) is 17.4. The number of carboxylic acid groups (broad SMARTS) is 1. The molecule has 26 heavy (non-hydrogen) atoms. The number of benzene rings is 2. The van der Waals surface area contributed by atoms with Gasteiger partial charge in [0.1, 0.15) is 0 Å². The van der Waals surface area contributed by atoms with E-state index in [1.165, 1.54) is 0 Å². The molecule has 0 radical (unpaired) electrons. The first-order valence-corrected chi connectivity index (χ1v) is 8.81. The van der Waals surface area contributed by atoms with Crippen molar-refractivity contribution in [2.45, 2.75) is 18.8 Å². The van der Waals surface area contributed by atoms with Gasteiger partial charge >= 0.3 is 5.97 Å². The predicted molar refractivity (Wildman–Crippen MR) is 99.6 cm³/mol. The van der Waals surface area contributed by atoms with Crippen molar-refractivity contribution in [3.8, 4) is 0 Å². The van der Waals surface area contributed by atoms with Crippen molar-refractivity contribution in [2.75, 3.05) is 13.1 Å². The van der Waals surface area contributed by atoms with Crippen LogP contribution >= 0.6 is 0 Å². The van der Waals surface area contributed by atoms with Crippen LogP contribution in [0, 0.1) is 0 Å². The fourth-order valence-corrected chi connectivity index (χ4v) is 3.73. The number of likely N-dealkylation sites (tertiary alicyclic amines) is 1. The molecule has 3 aromatic rings. The molecule has 2 N–H and O–H groups in total. The first kappa shape index (κ1) is 16.4. The van der Waals surface area contributed by atoms with Crippen molar-refractivity contribution in [3.05, 3.63) is 71.4 Å². The number of amides is 1. The summed E-state index contributed by atoms with van der Waals surface area (Å²) in [6.45, 7) is 1.35. The number of nitrogens with zero attached hydrogens (tertiary/aromatic N) is 1. The fraction of sp³-hybridized carbons (Fsp3) is 0.238. The van der Waals surface area contributed by atoms with Gasteiger partial charge in [-0.2, -0.15) is 0 Å². The number of rotatable bonds is 3. The minimum atomic E-state index is -0.921. The number of aromatic carboxylic acids is 1. The van der Waals surface area contributed by atoms with Gasteiger partial charge in [0, 0.05) is 41.7 Å². The third-order valence-electron chi connectivity index (χ3n) is 5.11. The molecule has 1 aromatic heterocycles. The number of nitrogens with one attached hydrogen (secondary N) is 1. The summed E-state index contributed by atoms with van der Waals surface area (Å²) in [4.78, 5) is 29.2. The van der Waals surface area contributed by atoms with Gasteiger partial charge < -0.3 is 15.0 Å². The highest BCUT2D eigenvalue weighted by Gasteiger charge is 2.26. The largest absolute Gasteiger partial charge is 0.478 e. The van der Waals surface area contributed by atoms with Crippen LogP contribution in [-0.2, 0) is 0 Å². The van der Waals surface area contributed by atoms with E-state index < -0.39 is 5.97 Å². The Bertz CT molecular complexity index is 976. The van der Waals surface area contributed by atoms with Gasteiger partial charge in [-0.1, -0.05) is 12.1 Å². The summed E-state index contributed by atoms with van der Waals surface area (Å²) in [7, 11) is 0. The van der Waals surface area contributed by atoms with Gasteiger partial charge in [-0.25, -0.2) is 4.79 Å². The van der Waals surface area contributed by atoms with Gasteiger partial charge in [0.25, 0.3) is 5.91 Å².